The van der Waals surface area contributed by atoms with Gasteiger partial charge in [-0.1, -0.05) is 36.4 Å². The number of nitrogens with zero attached hydrogens (tertiary/aromatic N) is 2. The van der Waals surface area contributed by atoms with E-state index in [0.29, 0.717) is 0 Å². The van der Waals surface area contributed by atoms with Crippen molar-refractivity contribution >= 4 is 17.7 Å². The molecule has 1 heterocycles. The number of aliphatic imine (C=N–C) groups is 1. The van der Waals surface area contributed by atoms with Gasteiger partial charge in [0.05, 0.1) is 17.7 Å². The minimum atomic E-state index is 0.901. The van der Waals surface area contributed by atoms with Gasteiger partial charge in [-0.15, -0.1) is 0 Å². The van der Waals surface area contributed by atoms with Gasteiger partial charge in [0, 0.05) is 17.4 Å². The van der Waals surface area contributed by atoms with Gasteiger partial charge in [0.25, 0.3) is 0 Å². The lowest BCUT2D eigenvalue weighted by Crippen LogP contribution is -1.93. The summed E-state index contributed by atoms with van der Waals surface area (Å²) in [7, 11) is 0. The number of hydrogen-bond donors (Lipinski definition) is 1. The third-order valence-corrected chi connectivity index (χ3v) is 3.05. The SMILES string of the molecule is C(=Nc1ccc(-c2ccccn2)cc1)Nc1ccccc1. The molecule has 3 aromatic rings. The van der Waals surface area contributed by atoms with Crippen LogP contribution in [0.4, 0.5) is 11.4 Å². The third kappa shape index (κ3) is 3.54. The quantitative estimate of drug-likeness (QED) is 0.560. The lowest BCUT2D eigenvalue weighted by Gasteiger charge is -2.01. The van der Waals surface area contributed by atoms with E-state index in [2.05, 4.69) is 15.3 Å². The normalized spacial score (nSPS) is 10.7. The molecule has 0 fully saturated rings. The zero-order valence-electron chi connectivity index (χ0n) is 11.5. The molecule has 0 aliphatic heterocycles. The summed E-state index contributed by atoms with van der Waals surface area (Å²) >= 11 is 0. The van der Waals surface area contributed by atoms with E-state index in [1.54, 1.807) is 12.5 Å². The Labute approximate surface area is 124 Å². The van der Waals surface area contributed by atoms with Gasteiger partial charge < -0.3 is 5.32 Å². The van der Waals surface area contributed by atoms with Crippen LogP contribution in [0, 0.1) is 0 Å². The second-order valence-electron chi connectivity index (χ2n) is 4.53. The summed E-state index contributed by atoms with van der Waals surface area (Å²) in [6.07, 6.45) is 3.50. The van der Waals surface area contributed by atoms with Crippen LogP contribution in [0.2, 0.25) is 0 Å². The first kappa shape index (κ1) is 13.1. The predicted molar refractivity (Wildman–Crippen MR) is 87.9 cm³/mol. The summed E-state index contributed by atoms with van der Waals surface area (Å²) in [4.78, 5) is 8.71. The minimum absolute atomic E-state index is 0.901. The van der Waals surface area contributed by atoms with E-state index in [1.807, 2.05) is 72.8 Å². The minimum Gasteiger partial charge on any atom is -0.346 e. The summed E-state index contributed by atoms with van der Waals surface area (Å²) in [5.41, 5.74) is 3.98. The molecule has 0 atom stereocenters. The Morgan fingerprint density at radius 2 is 1.57 bits per heavy atom. The fourth-order valence-electron chi connectivity index (χ4n) is 1.97. The second-order valence-corrected chi connectivity index (χ2v) is 4.53. The Kier molecular flexibility index (Phi) is 4.03. The van der Waals surface area contributed by atoms with Crippen LogP contribution in [-0.4, -0.2) is 11.3 Å². The van der Waals surface area contributed by atoms with Crippen molar-refractivity contribution in [3.05, 3.63) is 79.0 Å². The molecule has 0 aliphatic rings. The van der Waals surface area contributed by atoms with Crippen LogP contribution in [-0.2, 0) is 0 Å². The number of aromatic nitrogens is 1. The van der Waals surface area contributed by atoms with Gasteiger partial charge in [0.1, 0.15) is 0 Å². The van der Waals surface area contributed by atoms with E-state index in [1.165, 1.54) is 0 Å². The van der Waals surface area contributed by atoms with Gasteiger partial charge in [-0.2, -0.15) is 0 Å². The molecule has 0 unspecified atom stereocenters. The lowest BCUT2D eigenvalue weighted by molar-refractivity contribution is 1.32. The number of pyridine rings is 1. The number of nitrogens with one attached hydrogen (secondary N) is 1. The van der Waals surface area contributed by atoms with Crippen molar-refractivity contribution in [2.45, 2.75) is 0 Å². The van der Waals surface area contributed by atoms with Crippen LogP contribution in [0.1, 0.15) is 0 Å². The van der Waals surface area contributed by atoms with Crippen molar-refractivity contribution < 1.29 is 0 Å². The van der Waals surface area contributed by atoms with Gasteiger partial charge in [-0.3, -0.25) is 4.98 Å². The third-order valence-electron chi connectivity index (χ3n) is 3.05. The Morgan fingerprint density at radius 3 is 2.29 bits per heavy atom. The van der Waals surface area contributed by atoms with Gasteiger partial charge in [-0.25, -0.2) is 4.99 Å². The predicted octanol–water partition coefficient (Wildman–Crippen LogP) is 4.52. The average molecular weight is 273 g/mol. The highest BCUT2D eigenvalue weighted by Crippen LogP contribution is 2.20. The maximum atomic E-state index is 4.38. The van der Waals surface area contributed by atoms with Crippen molar-refractivity contribution in [2.24, 2.45) is 4.99 Å². The molecule has 0 bridgehead atoms. The number of hydrogen-bond acceptors (Lipinski definition) is 2. The zero-order chi connectivity index (χ0) is 14.3. The van der Waals surface area contributed by atoms with Crippen LogP contribution in [0.3, 0.4) is 0 Å². The molecule has 3 heteroatoms. The average Bonchev–Trinajstić information content (AvgIpc) is 2.57. The molecule has 0 amide bonds. The largest absolute Gasteiger partial charge is 0.346 e. The number of benzene rings is 2. The number of rotatable bonds is 4. The maximum absolute atomic E-state index is 4.38. The Morgan fingerprint density at radius 1 is 0.810 bits per heavy atom. The summed E-state index contributed by atoms with van der Waals surface area (Å²) in [6, 6.07) is 23.8. The molecule has 102 valence electrons. The lowest BCUT2D eigenvalue weighted by atomic mass is 10.1. The van der Waals surface area contributed by atoms with Crippen molar-refractivity contribution in [2.75, 3.05) is 5.32 Å². The number of anilines is 1. The molecule has 0 saturated heterocycles. The van der Waals surface area contributed by atoms with Crippen molar-refractivity contribution in [1.29, 1.82) is 0 Å². The van der Waals surface area contributed by atoms with Crippen LogP contribution < -0.4 is 5.32 Å². The fourth-order valence-corrected chi connectivity index (χ4v) is 1.97. The summed E-state index contributed by atoms with van der Waals surface area (Å²) in [5, 5.41) is 3.14. The Hall–Kier alpha value is -2.94. The highest BCUT2D eigenvalue weighted by Gasteiger charge is 1.97. The monoisotopic (exact) mass is 273 g/mol. The van der Waals surface area contributed by atoms with Crippen LogP contribution in [0.15, 0.2) is 84.0 Å². The van der Waals surface area contributed by atoms with Gasteiger partial charge >= 0.3 is 0 Å². The molecule has 0 saturated carbocycles. The Bertz CT molecular complexity index is 704. The first-order valence-electron chi connectivity index (χ1n) is 6.77. The molecule has 3 rings (SSSR count). The molecule has 1 N–H and O–H groups in total. The molecule has 1 aromatic heterocycles. The first-order chi connectivity index (χ1) is 10.4. The van der Waals surface area contributed by atoms with Crippen molar-refractivity contribution in [1.82, 2.24) is 4.98 Å². The standard InChI is InChI=1S/C18H15N3/c1-2-6-16(7-3-1)20-14-21-17-11-9-15(10-12-17)18-8-4-5-13-19-18/h1-14H,(H,20,21). The summed E-state index contributed by atoms with van der Waals surface area (Å²) in [5.74, 6) is 0. The van der Waals surface area contributed by atoms with Crippen LogP contribution in [0.25, 0.3) is 11.3 Å². The molecule has 0 radical (unpaired) electrons. The van der Waals surface area contributed by atoms with Gasteiger partial charge in [-0.05, 0) is 36.4 Å². The topological polar surface area (TPSA) is 37.3 Å². The Balaban J connectivity index is 1.67. The summed E-state index contributed by atoms with van der Waals surface area (Å²) in [6.45, 7) is 0. The van der Waals surface area contributed by atoms with Crippen molar-refractivity contribution in [3.8, 4) is 11.3 Å². The number of para-hydroxylation sites is 1. The molecule has 3 nitrogen and oxygen atoms in total. The highest BCUT2D eigenvalue weighted by molar-refractivity contribution is 5.78. The smallest absolute Gasteiger partial charge is 0.0930 e. The van der Waals surface area contributed by atoms with Crippen LogP contribution >= 0.6 is 0 Å². The molecule has 21 heavy (non-hydrogen) atoms. The molecule has 0 spiro atoms. The van der Waals surface area contributed by atoms with E-state index in [-0.39, 0.29) is 0 Å². The van der Waals surface area contributed by atoms with Gasteiger partial charge in [0.2, 0.25) is 0 Å². The van der Waals surface area contributed by atoms with E-state index < -0.39 is 0 Å². The fraction of sp³-hybridized carbons (Fsp3) is 0. The van der Waals surface area contributed by atoms with E-state index >= 15 is 0 Å². The van der Waals surface area contributed by atoms with Crippen LogP contribution in [0.5, 0.6) is 0 Å². The molecular formula is C18H15N3. The van der Waals surface area contributed by atoms with E-state index in [9.17, 15) is 0 Å². The molecular weight excluding hydrogens is 258 g/mol. The second kappa shape index (κ2) is 6.48. The molecule has 2 aromatic carbocycles. The maximum Gasteiger partial charge on any atom is 0.0930 e. The van der Waals surface area contributed by atoms with Crippen molar-refractivity contribution in [3.63, 3.8) is 0 Å². The zero-order valence-corrected chi connectivity index (χ0v) is 11.5. The summed E-state index contributed by atoms with van der Waals surface area (Å²) < 4.78 is 0. The van der Waals surface area contributed by atoms with E-state index in [4.69, 9.17) is 0 Å². The van der Waals surface area contributed by atoms with E-state index in [0.717, 1.165) is 22.6 Å². The first-order valence-corrected chi connectivity index (χ1v) is 6.77. The molecule has 0 aliphatic carbocycles. The highest BCUT2D eigenvalue weighted by atomic mass is 14.9. The van der Waals surface area contributed by atoms with Gasteiger partial charge in [0.15, 0.2) is 0 Å².